The van der Waals surface area contributed by atoms with Gasteiger partial charge >= 0.3 is 0 Å². The zero-order valence-corrected chi connectivity index (χ0v) is 14.3. The number of β-amino-alcohol motifs (C(OH)–C–C–N with tert-alkyl or cyclic N) is 1. The minimum atomic E-state index is -0.310. The molecule has 1 aliphatic rings. The summed E-state index contributed by atoms with van der Waals surface area (Å²) in [6, 6.07) is 12.4. The number of carbonyl (C=O) groups is 1. The average molecular weight is 342 g/mol. The highest BCUT2D eigenvalue weighted by atomic mass is 19.1. The van der Waals surface area contributed by atoms with Crippen molar-refractivity contribution in [3.05, 3.63) is 70.5 Å². The van der Waals surface area contributed by atoms with Gasteiger partial charge in [-0.3, -0.25) is 9.69 Å². The summed E-state index contributed by atoms with van der Waals surface area (Å²) in [5.74, 6) is -0.524. The van der Waals surface area contributed by atoms with E-state index in [4.69, 9.17) is 0 Å². The number of hydrogen-bond acceptors (Lipinski definition) is 3. The Morgan fingerprint density at radius 3 is 2.72 bits per heavy atom. The number of aliphatic hydroxyl groups is 1. The fraction of sp³-hybridized carbons (Fsp3) is 0.350. The number of nitrogens with zero attached hydrogens (tertiary/aromatic N) is 1. The molecule has 0 radical (unpaired) electrons. The van der Waals surface area contributed by atoms with Crippen LogP contribution in [-0.4, -0.2) is 35.1 Å². The van der Waals surface area contributed by atoms with Crippen LogP contribution in [0.4, 0.5) is 4.39 Å². The largest absolute Gasteiger partial charge is 0.392 e. The monoisotopic (exact) mass is 342 g/mol. The maximum atomic E-state index is 13.3. The summed E-state index contributed by atoms with van der Waals surface area (Å²) >= 11 is 0. The summed E-state index contributed by atoms with van der Waals surface area (Å²) in [5, 5.41) is 12.6. The topological polar surface area (TPSA) is 52.6 Å². The summed E-state index contributed by atoms with van der Waals surface area (Å²) in [6.45, 7) is 4.40. The highest BCUT2D eigenvalue weighted by Gasteiger charge is 2.20. The lowest BCUT2D eigenvalue weighted by Gasteiger charge is -2.18. The molecule has 2 aromatic carbocycles. The van der Waals surface area contributed by atoms with E-state index in [1.54, 1.807) is 13.0 Å². The molecule has 25 heavy (non-hydrogen) atoms. The molecular weight excluding hydrogens is 319 g/mol. The van der Waals surface area contributed by atoms with Gasteiger partial charge in [0.2, 0.25) is 0 Å². The first-order valence-electron chi connectivity index (χ1n) is 8.54. The van der Waals surface area contributed by atoms with E-state index < -0.39 is 0 Å². The Bertz CT molecular complexity index is 763. The average Bonchev–Trinajstić information content (AvgIpc) is 3.01. The molecule has 1 saturated heterocycles. The number of aliphatic hydroxyl groups excluding tert-OH is 1. The van der Waals surface area contributed by atoms with Gasteiger partial charge in [0.1, 0.15) is 5.82 Å². The van der Waals surface area contributed by atoms with E-state index in [-0.39, 0.29) is 17.8 Å². The fourth-order valence-electron chi connectivity index (χ4n) is 3.14. The molecule has 1 heterocycles. The Labute approximate surface area is 147 Å². The van der Waals surface area contributed by atoms with Gasteiger partial charge in [-0.15, -0.1) is 0 Å². The van der Waals surface area contributed by atoms with Gasteiger partial charge in [-0.25, -0.2) is 4.39 Å². The van der Waals surface area contributed by atoms with Crippen molar-refractivity contribution >= 4 is 5.91 Å². The Kier molecular flexibility index (Phi) is 5.46. The molecule has 1 amide bonds. The number of benzene rings is 2. The molecule has 2 N–H and O–H groups in total. The van der Waals surface area contributed by atoms with Gasteiger partial charge in [0.15, 0.2) is 0 Å². The molecule has 132 valence electrons. The first-order valence-corrected chi connectivity index (χ1v) is 8.54. The second-order valence-corrected chi connectivity index (χ2v) is 6.59. The minimum absolute atomic E-state index is 0.213. The minimum Gasteiger partial charge on any atom is -0.392 e. The molecule has 0 bridgehead atoms. The summed E-state index contributed by atoms with van der Waals surface area (Å²) < 4.78 is 13.3. The molecule has 1 aliphatic heterocycles. The summed E-state index contributed by atoms with van der Waals surface area (Å²) in [5.41, 5.74) is 3.11. The van der Waals surface area contributed by atoms with Crippen molar-refractivity contribution in [3.63, 3.8) is 0 Å². The van der Waals surface area contributed by atoms with Crippen LogP contribution in [-0.2, 0) is 13.1 Å². The Hall–Kier alpha value is -2.24. The van der Waals surface area contributed by atoms with Gasteiger partial charge in [0.25, 0.3) is 5.91 Å². The number of nitrogens with one attached hydrogen (secondary N) is 1. The van der Waals surface area contributed by atoms with E-state index in [2.05, 4.69) is 10.2 Å². The normalized spacial score (nSPS) is 17.6. The van der Waals surface area contributed by atoms with E-state index >= 15 is 0 Å². The van der Waals surface area contributed by atoms with E-state index in [0.29, 0.717) is 24.2 Å². The number of hydrogen-bond donors (Lipinski definition) is 2. The second-order valence-electron chi connectivity index (χ2n) is 6.59. The lowest BCUT2D eigenvalue weighted by atomic mass is 10.1. The molecule has 5 heteroatoms. The molecule has 1 fully saturated rings. The third-order valence-corrected chi connectivity index (χ3v) is 4.62. The molecule has 4 nitrogen and oxygen atoms in total. The predicted molar refractivity (Wildman–Crippen MR) is 94.7 cm³/mol. The van der Waals surface area contributed by atoms with Crippen molar-refractivity contribution in [1.29, 1.82) is 0 Å². The summed E-state index contributed by atoms with van der Waals surface area (Å²) in [4.78, 5) is 14.5. The van der Waals surface area contributed by atoms with Gasteiger partial charge in [0, 0.05) is 31.7 Å². The summed E-state index contributed by atoms with van der Waals surface area (Å²) in [7, 11) is 0. The molecule has 0 saturated carbocycles. The van der Waals surface area contributed by atoms with Crippen LogP contribution in [0.1, 0.15) is 33.5 Å². The van der Waals surface area contributed by atoms with E-state index in [0.717, 1.165) is 30.6 Å². The summed E-state index contributed by atoms with van der Waals surface area (Å²) in [6.07, 6.45) is 0.566. The smallest absolute Gasteiger partial charge is 0.251 e. The number of amides is 1. The molecule has 0 unspecified atom stereocenters. The molecule has 3 rings (SSSR count). The van der Waals surface area contributed by atoms with Gasteiger partial charge in [-0.05, 0) is 48.2 Å². The van der Waals surface area contributed by atoms with Crippen molar-refractivity contribution in [2.45, 2.75) is 32.5 Å². The zero-order chi connectivity index (χ0) is 17.8. The number of halogens is 1. The standard InChI is InChI=1S/C20H23FN2O2/c1-14-10-15(6-7-19(14)21)20(25)22-11-16-4-2-3-5-17(16)12-23-9-8-18(24)13-23/h2-7,10,18,24H,8-9,11-13H2,1H3,(H,22,25)/t18-/m0/s1. The molecule has 0 spiro atoms. The Morgan fingerprint density at radius 1 is 1.28 bits per heavy atom. The maximum absolute atomic E-state index is 13.3. The van der Waals surface area contributed by atoms with Crippen LogP contribution in [0.5, 0.6) is 0 Å². The molecule has 2 aromatic rings. The highest BCUT2D eigenvalue weighted by molar-refractivity contribution is 5.94. The highest BCUT2D eigenvalue weighted by Crippen LogP contribution is 2.17. The van der Waals surface area contributed by atoms with Crippen LogP contribution in [0, 0.1) is 12.7 Å². The fourth-order valence-corrected chi connectivity index (χ4v) is 3.14. The van der Waals surface area contributed by atoms with Gasteiger partial charge in [-0.2, -0.15) is 0 Å². The lowest BCUT2D eigenvalue weighted by Crippen LogP contribution is -2.25. The van der Waals surface area contributed by atoms with Crippen molar-refractivity contribution in [3.8, 4) is 0 Å². The SMILES string of the molecule is Cc1cc(C(=O)NCc2ccccc2CN2CC[C@H](O)C2)ccc1F. The van der Waals surface area contributed by atoms with Crippen molar-refractivity contribution in [2.75, 3.05) is 13.1 Å². The van der Waals surface area contributed by atoms with Crippen molar-refractivity contribution in [1.82, 2.24) is 10.2 Å². The number of likely N-dealkylation sites (tertiary alicyclic amines) is 1. The van der Waals surface area contributed by atoms with Crippen LogP contribution in [0.25, 0.3) is 0 Å². The van der Waals surface area contributed by atoms with E-state index in [1.807, 2.05) is 24.3 Å². The second kappa shape index (κ2) is 7.76. The van der Waals surface area contributed by atoms with Gasteiger partial charge in [0.05, 0.1) is 6.10 Å². The number of rotatable bonds is 5. The lowest BCUT2D eigenvalue weighted by molar-refractivity contribution is 0.0950. The molecule has 1 atom stereocenters. The Balaban J connectivity index is 1.64. The number of carbonyl (C=O) groups excluding carboxylic acids is 1. The van der Waals surface area contributed by atoms with Crippen LogP contribution >= 0.6 is 0 Å². The third kappa shape index (κ3) is 4.44. The maximum Gasteiger partial charge on any atom is 0.251 e. The molecule has 0 aliphatic carbocycles. The Morgan fingerprint density at radius 2 is 2.04 bits per heavy atom. The van der Waals surface area contributed by atoms with Crippen molar-refractivity contribution < 1.29 is 14.3 Å². The predicted octanol–water partition coefficient (Wildman–Crippen LogP) is 2.63. The van der Waals surface area contributed by atoms with E-state index in [9.17, 15) is 14.3 Å². The molecule has 0 aromatic heterocycles. The molecular formula is C20H23FN2O2. The first kappa shape index (κ1) is 17.6. The van der Waals surface area contributed by atoms with Gasteiger partial charge < -0.3 is 10.4 Å². The quantitative estimate of drug-likeness (QED) is 0.878. The van der Waals surface area contributed by atoms with Crippen LogP contribution in [0.3, 0.4) is 0 Å². The first-order chi connectivity index (χ1) is 12.0. The number of aryl methyl sites for hydroxylation is 1. The van der Waals surface area contributed by atoms with Gasteiger partial charge in [-0.1, -0.05) is 24.3 Å². The van der Waals surface area contributed by atoms with E-state index in [1.165, 1.54) is 12.1 Å². The third-order valence-electron chi connectivity index (χ3n) is 4.62. The zero-order valence-electron chi connectivity index (χ0n) is 14.3. The van der Waals surface area contributed by atoms with Crippen LogP contribution in [0.15, 0.2) is 42.5 Å². The van der Waals surface area contributed by atoms with Crippen LogP contribution < -0.4 is 5.32 Å². The van der Waals surface area contributed by atoms with Crippen LogP contribution in [0.2, 0.25) is 0 Å². The van der Waals surface area contributed by atoms with Crippen molar-refractivity contribution in [2.24, 2.45) is 0 Å².